The summed E-state index contributed by atoms with van der Waals surface area (Å²) in [5.74, 6) is 0.615. The molecule has 8 heteroatoms. The van der Waals surface area contributed by atoms with Gasteiger partial charge in [0, 0.05) is 17.0 Å². The van der Waals surface area contributed by atoms with Gasteiger partial charge < -0.3 is 4.42 Å². The molecule has 0 amide bonds. The summed E-state index contributed by atoms with van der Waals surface area (Å²) in [6.07, 6.45) is 0. The zero-order chi connectivity index (χ0) is 14.2. The van der Waals surface area contributed by atoms with Crippen molar-refractivity contribution in [3.63, 3.8) is 0 Å². The second kappa shape index (κ2) is 4.74. The maximum Gasteiger partial charge on any atom is 0.219 e. The van der Waals surface area contributed by atoms with Crippen LogP contribution < -0.4 is 0 Å². The first-order chi connectivity index (χ1) is 10.3. The molecular weight excluding hydrogens is 293 g/mol. The molecule has 0 bridgehead atoms. The number of halogens is 1. The third-order valence-electron chi connectivity index (χ3n) is 2.90. The molecule has 0 aliphatic heterocycles. The molecule has 1 aromatic carbocycles. The highest BCUT2D eigenvalue weighted by atomic mass is 32.1. The monoisotopic (exact) mass is 301 g/mol. The van der Waals surface area contributed by atoms with E-state index in [4.69, 9.17) is 4.42 Å². The molecule has 0 atom stereocenters. The Hall–Kier alpha value is -2.61. The molecule has 0 fully saturated rings. The number of thiophene rings is 1. The third kappa shape index (κ3) is 2.29. The summed E-state index contributed by atoms with van der Waals surface area (Å²) in [5.41, 5.74) is 1.93. The van der Waals surface area contributed by atoms with Crippen molar-refractivity contribution in [2.24, 2.45) is 0 Å². The number of rotatable bonds is 3. The highest BCUT2D eigenvalue weighted by Gasteiger charge is 2.11. The largest absolute Gasteiger partial charge is 0.439 e. The molecule has 4 aromatic rings. The normalized spacial score (nSPS) is 11.3. The minimum atomic E-state index is -0.346. The predicted octanol–water partition coefficient (Wildman–Crippen LogP) is 2.73. The van der Waals surface area contributed by atoms with E-state index in [9.17, 15) is 4.39 Å². The summed E-state index contributed by atoms with van der Waals surface area (Å²) < 4.78 is 18.6. The smallest absolute Gasteiger partial charge is 0.219 e. The maximum absolute atomic E-state index is 13.1. The van der Waals surface area contributed by atoms with E-state index in [-0.39, 0.29) is 12.4 Å². The molecule has 0 unspecified atom stereocenters. The summed E-state index contributed by atoms with van der Waals surface area (Å²) in [4.78, 5) is 5.60. The first kappa shape index (κ1) is 12.2. The van der Waals surface area contributed by atoms with Gasteiger partial charge in [-0.25, -0.2) is 9.37 Å². The molecular formula is C13H8FN5OS. The molecule has 21 heavy (non-hydrogen) atoms. The summed E-state index contributed by atoms with van der Waals surface area (Å²) in [6, 6.07) is 6.13. The van der Waals surface area contributed by atoms with Crippen molar-refractivity contribution in [3.8, 4) is 11.4 Å². The van der Waals surface area contributed by atoms with Crippen LogP contribution in [0.5, 0.6) is 0 Å². The topological polar surface area (TPSA) is 69.6 Å². The van der Waals surface area contributed by atoms with E-state index >= 15 is 0 Å². The Morgan fingerprint density at radius 2 is 2.24 bits per heavy atom. The van der Waals surface area contributed by atoms with Gasteiger partial charge in [0.15, 0.2) is 5.58 Å². The second-order valence-corrected chi connectivity index (χ2v) is 5.16. The minimum Gasteiger partial charge on any atom is -0.439 e. The van der Waals surface area contributed by atoms with Crippen LogP contribution in [0.25, 0.3) is 22.5 Å². The van der Waals surface area contributed by atoms with Gasteiger partial charge in [-0.15, -0.1) is 10.2 Å². The van der Waals surface area contributed by atoms with E-state index < -0.39 is 0 Å². The van der Waals surface area contributed by atoms with Crippen LogP contribution in [0.15, 0.2) is 39.4 Å². The van der Waals surface area contributed by atoms with Crippen molar-refractivity contribution in [3.05, 3.63) is 46.7 Å². The Kier molecular flexibility index (Phi) is 2.74. The standard InChI is InChI=1S/C13H8FN5OS/c14-9-1-2-11-10(5-9)15-12(20-11)6-19-17-13(16-18-19)8-3-4-21-7-8/h1-5,7H,6H2. The van der Waals surface area contributed by atoms with Crippen LogP contribution in [0.3, 0.4) is 0 Å². The lowest BCUT2D eigenvalue weighted by atomic mass is 10.3. The van der Waals surface area contributed by atoms with Gasteiger partial charge in [0.05, 0.1) is 0 Å². The quantitative estimate of drug-likeness (QED) is 0.582. The summed E-state index contributed by atoms with van der Waals surface area (Å²) >= 11 is 1.57. The number of fused-ring (bicyclic) bond motifs is 1. The fourth-order valence-electron chi connectivity index (χ4n) is 1.95. The van der Waals surface area contributed by atoms with Gasteiger partial charge in [0.25, 0.3) is 0 Å². The average Bonchev–Trinajstić information content (AvgIpc) is 3.16. The van der Waals surface area contributed by atoms with Crippen LogP contribution >= 0.6 is 11.3 Å². The lowest BCUT2D eigenvalue weighted by Crippen LogP contribution is -2.04. The van der Waals surface area contributed by atoms with Gasteiger partial charge >= 0.3 is 0 Å². The van der Waals surface area contributed by atoms with Gasteiger partial charge in [-0.3, -0.25) is 0 Å². The van der Waals surface area contributed by atoms with Crippen molar-refractivity contribution < 1.29 is 8.81 Å². The molecule has 0 aliphatic carbocycles. The maximum atomic E-state index is 13.1. The summed E-state index contributed by atoms with van der Waals surface area (Å²) in [7, 11) is 0. The lowest BCUT2D eigenvalue weighted by Gasteiger charge is -1.91. The zero-order valence-electron chi connectivity index (χ0n) is 10.6. The van der Waals surface area contributed by atoms with Crippen molar-refractivity contribution >= 4 is 22.4 Å². The molecule has 3 heterocycles. The van der Waals surface area contributed by atoms with Gasteiger partial charge in [-0.1, -0.05) is 0 Å². The van der Waals surface area contributed by atoms with Crippen LogP contribution in [-0.2, 0) is 6.54 Å². The van der Waals surface area contributed by atoms with Crippen molar-refractivity contribution in [2.45, 2.75) is 6.54 Å². The summed E-state index contributed by atoms with van der Waals surface area (Å²) in [6.45, 7) is 0.243. The van der Waals surface area contributed by atoms with Gasteiger partial charge in [-0.2, -0.15) is 16.1 Å². The molecule has 0 aliphatic rings. The Bertz CT molecular complexity index is 898. The number of nitrogens with zero attached hydrogens (tertiary/aromatic N) is 5. The molecule has 0 saturated heterocycles. The number of aromatic nitrogens is 5. The van der Waals surface area contributed by atoms with Crippen LogP contribution in [0, 0.1) is 5.82 Å². The zero-order valence-corrected chi connectivity index (χ0v) is 11.4. The number of benzene rings is 1. The molecule has 4 rings (SSSR count). The Labute approximate surface area is 121 Å². The first-order valence-corrected chi connectivity index (χ1v) is 7.07. The van der Waals surface area contributed by atoms with Crippen LogP contribution in [-0.4, -0.2) is 25.2 Å². The minimum absolute atomic E-state index is 0.243. The van der Waals surface area contributed by atoms with Crippen molar-refractivity contribution in [1.82, 2.24) is 25.2 Å². The molecule has 0 spiro atoms. The van der Waals surface area contributed by atoms with E-state index in [1.165, 1.54) is 16.9 Å². The average molecular weight is 301 g/mol. The first-order valence-electron chi connectivity index (χ1n) is 6.13. The van der Waals surface area contributed by atoms with E-state index in [1.54, 1.807) is 17.4 Å². The third-order valence-corrected chi connectivity index (χ3v) is 3.59. The fourth-order valence-corrected chi connectivity index (χ4v) is 2.59. The summed E-state index contributed by atoms with van der Waals surface area (Å²) in [5, 5.41) is 16.1. The Morgan fingerprint density at radius 1 is 1.29 bits per heavy atom. The number of oxazole rings is 1. The van der Waals surface area contributed by atoms with E-state index in [0.717, 1.165) is 5.56 Å². The highest BCUT2D eigenvalue weighted by molar-refractivity contribution is 7.08. The van der Waals surface area contributed by atoms with Gasteiger partial charge in [0.1, 0.15) is 17.9 Å². The van der Waals surface area contributed by atoms with E-state index in [2.05, 4.69) is 20.4 Å². The molecule has 0 saturated carbocycles. The highest BCUT2D eigenvalue weighted by Crippen LogP contribution is 2.18. The van der Waals surface area contributed by atoms with Gasteiger partial charge in [-0.05, 0) is 28.8 Å². The van der Waals surface area contributed by atoms with Crippen molar-refractivity contribution in [2.75, 3.05) is 0 Å². The van der Waals surface area contributed by atoms with Gasteiger partial charge in [0.2, 0.25) is 11.7 Å². The van der Waals surface area contributed by atoms with Crippen LogP contribution in [0.2, 0.25) is 0 Å². The molecule has 3 aromatic heterocycles. The number of tetrazole rings is 1. The fraction of sp³-hybridized carbons (Fsp3) is 0.0769. The molecule has 0 N–H and O–H groups in total. The Morgan fingerprint density at radius 3 is 3.10 bits per heavy atom. The Balaban J connectivity index is 1.62. The molecule has 0 radical (unpaired) electrons. The lowest BCUT2D eigenvalue weighted by molar-refractivity contribution is 0.459. The second-order valence-electron chi connectivity index (χ2n) is 4.38. The SMILES string of the molecule is Fc1ccc2oc(Cn3nnc(-c4ccsc4)n3)nc2c1. The van der Waals surface area contributed by atoms with Crippen molar-refractivity contribution in [1.29, 1.82) is 0 Å². The predicted molar refractivity (Wildman–Crippen MR) is 74.2 cm³/mol. The molecule has 104 valence electrons. The number of hydrogen-bond donors (Lipinski definition) is 0. The van der Waals surface area contributed by atoms with E-state index in [1.807, 2.05) is 16.8 Å². The molecule has 6 nitrogen and oxygen atoms in total. The number of hydrogen-bond acceptors (Lipinski definition) is 6. The van der Waals surface area contributed by atoms with E-state index in [0.29, 0.717) is 22.8 Å². The van der Waals surface area contributed by atoms with Crippen LogP contribution in [0.4, 0.5) is 4.39 Å². The van der Waals surface area contributed by atoms with Crippen LogP contribution in [0.1, 0.15) is 5.89 Å².